The van der Waals surface area contributed by atoms with Crippen molar-refractivity contribution >= 4 is 15.9 Å². The Morgan fingerprint density at radius 3 is 2.28 bits per heavy atom. The Bertz CT molecular complexity index is 520. The van der Waals surface area contributed by atoms with E-state index in [-0.39, 0.29) is 11.8 Å². The summed E-state index contributed by atoms with van der Waals surface area (Å²) in [6.07, 6.45) is 1.25. The molecule has 1 aromatic carbocycles. The zero-order valence-corrected chi connectivity index (χ0v) is 10.9. The highest BCUT2D eigenvalue weighted by Gasteiger charge is 2.29. The number of hydrogen-bond acceptors (Lipinski definition) is 3. The van der Waals surface area contributed by atoms with Gasteiger partial charge in [0.25, 0.3) is 0 Å². The van der Waals surface area contributed by atoms with Crippen LogP contribution < -0.4 is 5.73 Å². The van der Waals surface area contributed by atoms with Crippen LogP contribution in [0.2, 0.25) is 0 Å². The van der Waals surface area contributed by atoms with Crippen molar-refractivity contribution in [3.05, 3.63) is 30.3 Å². The zero-order chi connectivity index (χ0) is 13.2. The molecule has 1 heterocycles. The lowest BCUT2D eigenvalue weighted by Gasteiger charge is -2.30. The van der Waals surface area contributed by atoms with E-state index in [1.807, 2.05) is 0 Å². The number of nitrogens with zero attached hydrogens (tertiary/aromatic N) is 1. The molecule has 6 heteroatoms. The van der Waals surface area contributed by atoms with Gasteiger partial charge in [0, 0.05) is 19.0 Å². The van der Waals surface area contributed by atoms with Crippen molar-refractivity contribution in [3.8, 4) is 0 Å². The standard InChI is InChI=1S/C12H17N3O2S/c13-12(14)10-6-8-15(9-7-10)18(16,17)11-4-2-1-3-5-11/h1-5,10H,6-9H2,(H3,13,14). The Morgan fingerprint density at radius 1 is 1.22 bits per heavy atom. The second-order valence-corrected chi connectivity index (χ2v) is 6.38. The SMILES string of the molecule is N=C(N)C1CCN(S(=O)(=O)c2ccccc2)CC1. The molecule has 1 aliphatic heterocycles. The summed E-state index contributed by atoms with van der Waals surface area (Å²) in [7, 11) is -3.39. The van der Waals surface area contributed by atoms with E-state index in [0.717, 1.165) is 0 Å². The van der Waals surface area contributed by atoms with Crippen LogP contribution >= 0.6 is 0 Å². The van der Waals surface area contributed by atoms with Gasteiger partial charge in [-0.15, -0.1) is 0 Å². The van der Waals surface area contributed by atoms with Crippen molar-refractivity contribution in [3.63, 3.8) is 0 Å². The van der Waals surface area contributed by atoms with Gasteiger partial charge in [-0.25, -0.2) is 8.42 Å². The molecule has 0 saturated carbocycles. The molecule has 0 spiro atoms. The Balaban J connectivity index is 2.12. The lowest BCUT2D eigenvalue weighted by molar-refractivity contribution is 0.314. The molecule has 1 fully saturated rings. The molecular formula is C12H17N3O2S. The van der Waals surface area contributed by atoms with Crippen LogP contribution in [0.3, 0.4) is 0 Å². The van der Waals surface area contributed by atoms with Gasteiger partial charge < -0.3 is 5.73 Å². The first-order valence-electron chi connectivity index (χ1n) is 5.91. The minimum Gasteiger partial charge on any atom is -0.387 e. The van der Waals surface area contributed by atoms with Crippen molar-refractivity contribution in [1.29, 1.82) is 5.41 Å². The maximum atomic E-state index is 12.3. The van der Waals surface area contributed by atoms with Crippen molar-refractivity contribution in [2.75, 3.05) is 13.1 Å². The molecule has 1 aromatic rings. The molecule has 0 unspecified atom stereocenters. The highest BCUT2D eigenvalue weighted by Crippen LogP contribution is 2.23. The summed E-state index contributed by atoms with van der Waals surface area (Å²) in [5.74, 6) is 0.180. The number of sulfonamides is 1. The first-order valence-corrected chi connectivity index (χ1v) is 7.35. The first-order chi connectivity index (χ1) is 8.51. The van der Waals surface area contributed by atoms with Crippen LogP contribution in [-0.2, 0) is 10.0 Å². The third kappa shape index (κ3) is 2.54. The van der Waals surface area contributed by atoms with Gasteiger partial charge in [-0.1, -0.05) is 18.2 Å². The number of piperidine rings is 1. The minimum absolute atomic E-state index is 0.0206. The van der Waals surface area contributed by atoms with Gasteiger partial charge in [-0.3, -0.25) is 5.41 Å². The Morgan fingerprint density at radius 2 is 1.78 bits per heavy atom. The minimum atomic E-state index is -3.39. The molecule has 0 bridgehead atoms. The number of hydrogen-bond donors (Lipinski definition) is 2. The predicted octanol–water partition coefficient (Wildman–Crippen LogP) is 1.02. The van der Waals surface area contributed by atoms with E-state index in [0.29, 0.717) is 30.8 Å². The third-order valence-electron chi connectivity index (χ3n) is 3.27. The summed E-state index contributed by atoms with van der Waals surface area (Å²) in [6, 6.07) is 8.43. The van der Waals surface area contributed by atoms with Crippen LogP contribution in [0.5, 0.6) is 0 Å². The zero-order valence-electron chi connectivity index (χ0n) is 10.0. The molecule has 0 atom stereocenters. The molecule has 18 heavy (non-hydrogen) atoms. The maximum Gasteiger partial charge on any atom is 0.243 e. The Labute approximate surface area is 107 Å². The van der Waals surface area contributed by atoms with Gasteiger partial charge in [0.15, 0.2) is 0 Å². The molecule has 0 aliphatic carbocycles. The normalized spacial score (nSPS) is 18.7. The van der Waals surface area contributed by atoms with E-state index in [2.05, 4.69) is 0 Å². The van der Waals surface area contributed by atoms with Crippen LogP contribution in [0.15, 0.2) is 35.2 Å². The van der Waals surface area contributed by atoms with Crippen molar-refractivity contribution in [1.82, 2.24) is 4.31 Å². The summed E-state index contributed by atoms with van der Waals surface area (Å²) in [6.45, 7) is 0.864. The average molecular weight is 267 g/mol. The molecule has 2 rings (SSSR count). The van der Waals surface area contributed by atoms with E-state index in [1.165, 1.54) is 4.31 Å². The maximum absolute atomic E-state index is 12.3. The molecule has 5 nitrogen and oxygen atoms in total. The van der Waals surface area contributed by atoms with E-state index in [9.17, 15) is 8.42 Å². The van der Waals surface area contributed by atoms with Crippen molar-refractivity contribution < 1.29 is 8.42 Å². The van der Waals surface area contributed by atoms with E-state index in [1.54, 1.807) is 30.3 Å². The molecule has 3 N–H and O–H groups in total. The number of benzene rings is 1. The summed E-state index contributed by atoms with van der Waals surface area (Å²) in [5.41, 5.74) is 5.45. The number of nitrogens with two attached hydrogens (primary N) is 1. The van der Waals surface area contributed by atoms with Crippen molar-refractivity contribution in [2.45, 2.75) is 17.7 Å². The highest BCUT2D eigenvalue weighted by atomic mass is 32.2. The van der Waals surface area contributed by atoms with Gasteiger partial charge in [-0.05, 0) is 25.0 Å². The molecule has 98 valence electrons. The van der Waals surface area contributed by atoms with Crippen LogP contribution in [0, 0.1) is 11.3 Å². The predicted molar refractivity (Wildman–Crippen MR) is 69.8 cm³/mol. The van der Waals surface area contributed by atoms with E-state index in [4.69, 9.17) is 11.1 Å². The first kappa shape index (κ1) is 13.0. The molecule has 0 amide bonds. The average Bonchev–Trinajstić information content (AvgIpc) is 2.40. The Hall–Kier alpha value is -1.40. The van der Waals surface area contributed by atoms with Gasteiger partial charge in [0.05, 0.1) is 10.7 Å². The molecule has 0 radical (unpaired) electrons. The number of rotatable bonds is 3. The monoisotopic (exact) mass is 267 g/mol. The second-order valence-electron chi connectivity index (χ2n) is 4.45. The fourth-order valence-electron chi connectivity index (χ4n) is 2.15. The second kappa shape index (κ2) is 5.07. The van der Waals surface area contributed by atoms with Gasteiger partial charge in [0.2, 0.25) is 10.0 Å². The van der Waals surface area contributed by atoms with Gasteiger partial charge in [0.1, 0.15) is 0 Å². The van der Waals surface area contributed by atoms with Crippen LogP contribution in [0.25, 0.3) is 0 Å². The summed E-state index contributed by atoms with van der Waals surface area (Å²) >= 11 is 0. The van der Waals surface area contributed by atoms with Crippen molar-refractivity contribution in [2.24, 2.45) is 11.7 Å². The summed E-state index contributed by atoms with van der Waals surface area (Å²) in [4.78, 5) is 0.325. The van der Waals surface area contributed by atoms with Gasteiger partial charge in [-0.2, -0.15) is 4.31 Å². The molecule has 1 saturated heterocycles. The van der Waals surface area contributed by atoms with Crippen LogP contribution in [0.4, 0.5) is 0 Å². The lowest BCUT2D eigenvalue weighted by atomic mass is 9.97. The van der Waals surface area contributed by atoms with Crippen LogP contribution in [-0.4, -0.2) is 31.6 Å². The lowest BCUT2D eigenvalue weighted by Crippen LogP contribution is -2.41. The smallest absolute Gasteiger partial charge is 0.243 e. The quantitative estimate of drug-likeness (QED) is 0.633. The highest BCUT2D eigenvalue weighted by molar-refractivity contribution is 7.89. The fourth-order valence-corrected chi connectivity index (χ4v) is 3.64. The fraction of sp³-hybridized carbons (Fsp3) is 0.417. The molecular weight excluding hydrogens is 250 g/mol. The van der Waals surface area contributed by atoms with E-state index < -0.39 is 10.0 Å². The number of nitrogens with one attached hydrogen (secondary N) is 1. The molecule has 1 aliphatic rings. The van der Waals surface area contributed by atoms with E-state index >= 15 is 0 Å². The summed E-state index contributed by atoms with van der Waals surface area (Å²) < 4.78 is 26.1. The van der Waals surface area contributed by atoms with Crippen LogP contribution in [0.1, 0.15) is 12.8 Å². The topological polar surface area (TPSA) is 87.2 Å². The van der Waals surface area contributed by atoms with Gasteiger partial charge >= 0.3 is 0 Å². The largest absolute Gasteiger partial charge is 0.387 e. The number of amidine groups is 1. The summed E-state index contributed by atoms with van der Waals surface area (Å²) in [5, 5.41) is 7.38. The molecule has 0 aromatic heterocycles. The Kier molecular flexibility index (Phi) is 3.68. The third-order valence-corrected chi connectivity index (χ3v) is 5.19.